The number of fused-ring (bicyclic) bond motifs is 1. The zero-order valence-electron chi connectivity index (χ0n) is 9.33. The Morgan fingerprint density at radius 3 is 2.94 bits per heavy atom. The molecule has 0 aliphatic rings. The van der Waals surface area contributed by atoms with Gasteiger partial charge in [0.1, 0.15) is 0 Å². The molecule has 0 fully saturated rings. The number of nitriles is 1. The van der Waals surface area contributed by atoms with Gasteiger partial charge in [0, 0.05) is 22.0 Å². The van der Waals surface area contributed by atoms with Crippen LogP contribution in [-0.4, -0.2) is 4.98 Å². The summed E-state index contributed by atoms with van der Waals surface area (Å²) in [6.45, 7) is 1.80. The first kappa shape index (κ1) is 11.7. The van der Waals surface area contributed by atoms with E-state index in [1.807, 2.05) is 12.1 Å². The molecule has 17 heavy (non-hydrogen) atoms. The zero-order valence-corrected chi connectivity index (χ0v) is 10.1. The molecule has 0 radical (unpaired) electrons. The van der Waals surface area contributed by atoms with Crippen LogP contribution in [0.2, 0.25) is 5.02 Å². The van der Waals surface area contributed by atoms with Gasteiger partial charge in [-0.25, -0.2) is 0 Å². The van der Waals surface area contributed by atoms with Crippen molar-refractivity contribution in [1.82, 2.24) is 4.98 Å². The van der Waals surface area contributed by atoms with Crippen LogP contribution in [-0.2, 0) is 6.42 Å². The summed E-state index contributed by atoms with van der Waals surface area (Å²) >= 11 is 5.85. The molecule has 0 saturated heterocycles. The molecule has 0 aliphatic carbocycles. The summed E-state index contributed by atoms with van der Waals surface area (Å²) in [5.41, 5.74) is 1.20. The monoisotopic (exact) mass is 246 g/mol. The van der Waals surface area contributed by atoms with Gasteiger partial charge < -0.3 is 4.98 Å². The number of pyridine rings is 1. The summed E-state index contributed by atoms with van der Waals surface area (Å²) in [6.07, 6.45) is 0.463. The van der Waals surface area contributed by atoms with Crippen LogP contribution >= 0.6 is 11.6 Å². The van der Waals surface area contributed by atoms with E-state index in [0.717, 1.165) is 10.9 Å². The molecule has 1 heterocycles. The van der Waals surface area contributed by atoms with Crippen LogP contribution in [0.4, 0.5) is 0 Å². The maximum atomic E-state index is 11.8. The van der Waals surface area contributed by atoms with E-state index in [1.54, 1.807) is 19.1 Å². The van der Waals surface area contributed by atoms with Crippen LogP contribution in [0.15, 0.2) is 29.1 Å². The molecular formula is C13H11ClN2O. The summed E-state index contributed by atoms with van der Waals surface area (Å²) in [6, 6.07) is 9.29. The second kappa shape index (κ2) is 4.60. The van der Waals surface area contributed by atoms with Gasteiger partial charge in [-0.05, 0) is 36.9 Å². The van der Waals surface area contributed by atoms with Gasteiger partial charge in [-0.15, -0.1) is 0 Å². The summed E-state index contributed by atoms with van der Waals surface area (Å²) < 4.78 is 0. The normalized spacial score (nSPS) is 12.3. The van der Waals surface area contributed by atoms with Crippen LogP contribution in [0.1, 0.15) is 12.5 Å². The van der Waals surface area contributed by atoms with Crippen LogP contribution in [0.3, 0.4) is 0 Å². The Labute approximate surface area is 104 Å². The van der Waals surface area contributed by atoms with Crippen molar-refractivity contribution in [3.8, 4) is 6.07 Å². The van der Waals surface area contributed by atoms with Crippen LogP contribution in [0.25, 0.3) is 10.9 Å². The molecule has 2 rings (SSSR count). The molecular weight excluding hydrogens is 236 g/mol. The van der Waals surface area contributed by atoms with Crippen molar-refractivity contribution >= 4 is 22.5 Å². The van der Waals surface area contributed by atoms with Gasteiger partial charge in [0.2, 0.25) is 0 Å². The molecule has 0 bridgehead atoms. The number of hydrogen-bond donors (Lipinski definition) is 1. The molecule has 1 aromatic heterocycles. The van der Waals surface area contributed by atoms with Crippen molar-refractivity contribution in [2.45, 2.75) is 13.3 Å². The predicted octanol–water partition coefficient (Wildman–Crippen LogP) is 2.88. The van der Waals surface area contributed by atoms with Crippen LogP contribution < -0.4 is 5.56 Å². The average Bonchev–Trinajstić information content (AvgIpc) is 2.30. The Bertz CT molecular complexity index is 654. The van der Waals surface area contributed by atoms with E-state index in [0.29, 0.717) is 17.0 Å². The number of hydrogen-bond acceptors (Lipinski definition) is 2. The zero-order chi connectivity index (χ0) is 12.4. The average molecular weight is 247 g/mol. The number of nitrogens with zero attached hydrogens (tertiary/aromatic N) is 1. The van der Waals surface area contributed by atoms with Gasteiger partial charge in [0.05, 0.1) is 6.07 Å². The maximum Gasteiger partial charge on any atom is 0.251 e. The molecule has 0 saturated carbocycles. The fourth-order valence-electron chi connectivity index (χ4n) is 1.75. The second-order valence-electron chi connectivity index (χ2n) is 4.09. The lowest BCUT2D eigenvalue weighted by Gasteiger charge is -2.04. The third kappa shape index (κ3) is 2.48. The molecule has 0 aliphatic heterocycles. The lowest BCUT2D eigenvalue weighted by molar-refractivity contribution is 0.732. The van der Waals surface area contributed by atoms with Gasteiger partial charge in [0.25, 0.3) is 5.56 Å². The SMILES string of the molecule is CC(C#N)Cc1cc2ccc(Cl)cc2[nH]c1=O. The molecule has 0 amide bonds. The van der Waals surface area contributed by atoms with E-state index in [9.17, 15) is 4.79 Å². The third-order valence-electron chi connectivity index (χ3n) is 2.63. The van der Waals surface area contributed by atoms with E-state index in [-0.39, 0.29) is 11.5 Å². The Kier molecular flexibility index (Phi) is 3.16. The van der Waals surface area contributed by atoms with Crippen molar-refractivity contribution in [3.05, 3.63) is 45.2 Å². The first-order chi connectivity index (χ1) is 8.10. The van der Waals surface area contributed by atoms with Crippen molar-refractivity contribution in [1.29, 1.82) is 5.26 Å². The standard InChI is InChI=1S/C13H11ClN2O/c1-8(7-15)4-10-5-9-2-3-11(14)6-12(9)16-13(10)17/h2-3,5-6,8H,4H2,1H3,(H,16,17). The van der Waals surface area contributed by atoms with E-state index >= 15 is 0 Å². The van der Waals surface area contributed by atoms with E-state index in [1.165, 1.54) is 0 Å². The summed E-state index contributed by atoms with van der Waals surface area (Å²) in [7, 11) is 0. The largest absolute Gasteiger partial charge is 0.322 e. The number of nitrogens with one attached hydrogen (secondary N) is 1. The van der Waals surface area contributed by atoms with Gasteiger partial charge in [0.15, 0.2) is 0 Å². The fraction of sp³-hybridized carbons (Fsp3) is 0.231. The first-order valence-electron chi connectivity index (χ1n) is 5.31. The quantitative estimate of drug-likeness (QED) is 0.886. The van der Waals surface area contributed by atoms with Crippen molar-refractivity contribution in [2.75, 3.05) is 0 Å². The van der Waals surface area contributed by atoms with Crippen LogP contribution in [0, 0.1) is 17.2 Å². The molecule has 4 heteroatoms. The predicted molar refractivity (Wildman–Crippen MR) is 68.1 cm³/mol. The fourth-order valence-corrected chi connectivity index (χ4v) is 1.92. The minimum Gasteiger partial charge on any atom is -0.322 e. The summed E-state index contributed by atoms with van der Waals surface area (Å²) in [5, 5.41) is 10.3. The second-order valence-corrected chi connectivity index (χ2v) is 4.53. The molecule has 1 aromatic carbocycles. The molecule has 2 aromatic rings. The number of halogens is 1. The smallest absolute Gasteiger partial charge is 0.251 e. The highest BCUT2D eigenvalue weighted by atomic mass is 35.5. The minimum atomic E-state index is -0.166. The first-order valence-corrected chi connectivity index (χ1v) is 5.69. The van der Waals surface area contributed by atoms with Gasteiger partial charge in [-0.2, -0.15) is 5.26 Å². The number of rotatable bonds is 2. The maximum absolute atomic E-state index is 11.8. The van der Waals surface area contributed by atoms with E-state index in [2.05, 4.69) is 11.1 Å². The van der Waals surface area contributed by atoms with Gasteiger partial charge in [-0.3, -0.25) is 4.79 Å². The number of benzene rings is 1. The van der Waals surface area contributed by atoms with E-state index in [4.69, 9.17) is 16.9 Å². The molecule has 86 valence electrons. The van der Waals surface area contributed by atoms with Crippen LogP contribution in [0.5, 0.6) is 0 Å². The highest BCUT2D eigenvalue weighted by molar-refractivity contribution is 6.31. The summed E-state index contributed by atoms with van der Waals surface area (Å²) in [5.74, 6) is -0.166. The van der Waals surface area contributed by atoms with Crippen molar-refractivity contribution in [2.24, 2.45) is 5.92 Å². The molecule has 3 nitrogen and oxygen atoms in total. The Morgan fingerprint density at radius 2 is 2.24 bits per heavy atom. The number of aromatic amines is 1. The van der Waals surface area contributed by atoms with E-state index < -0.39 is 0 Å². The Balaban J connectivity index is 2.53. The number of aromatic nitrogens is 1. The van der Waals surface area contributed by atoms with Gasteiger partial charge >= 0.3 is 0 Å². The third-order valence-corrected chi connectivity index (χ3v) is 2.87. The lowest BCUT2D eigenvalue weighted by Crippen LogP contribution is -2.14. The Hall–Kier alpha value is -1.79. The number of H-pyrrole nitrogens is 1. The van der Waals surface area contributed by atoms with Crippen molar-refractivity contribution in [3.63, 3.8) is 0 Å². The van der Waals surface area contributed by atoms with Gasteiger partial charge in [-0.1, -0.05) is 17.7 Å². The molecule has 1 N–H and O–H groups in total. The molecule has 0 spiro atoms. The highest BCUT2D eigenvalue weighted by Gasteiger charge is 2.07. The molecule has 1 unspecified atom stereocenters. The topological polar surface area (TPSA) is 56.6 Å². The molecule has 1 atom stereocenters. The lowest BCUT2D eigenvalue weighted by atomic mass is 10.0. The minimum absolute atomic E-state index is 0.151. The Morgan fingerprint density at radius 1 is 1.47 bits per heavy atom. The highest BCUT2D eigenvalue weighted by Crippen LogP contribution is 2.17. The summed E-state index contributed by atoms with van der Waals surface area (Å²) in [4.78, 5) is 14.6. The van der Waals surface area contributed by atoms with Crippen molar-refractivity contribution < 1.29 is 0 Å².